The van der Waals surface area contributed by atoms with Gasteiger partial charge in [-0.3, -0.25) is 0 Å². The van der Waals surface area contributed by atoms with E-state index in [0.717, 1.165) is 31.4 Å². The number of fused-ring (bicyclic) bond motifs is 3. The van der Waals surface area contributed by atoms with Gasteiger partial charge in [0.1, 0.15) is 0 Å². The van der Waals surface area contributed by atoms with Gasteiger partial charge in [-0.15, -0.1) is 11.8 Å². The number of nitrogens with one attached hydrogen (secondary N) is 1. The first-order valence-corrected chi connectivity index (χ1v) is 11.5. The van der Waals surface area contributed by atoms with Crippen molar-refractivity contribution in [2.24, 2.45) is 5.73 Å². The van der Waals surface area contributed by atoms with Crippen LogP contribution in [-0.4, -0.2) is 38.6 Å². The highest BCUT2D eigenvalue weighted by atomic mass is 32.2. The fraction of sp³-hybridized carbons (Fsp3) is 0.400. The molecule has 1 aliphatic carbocycles. The summed E-state index contributed by atoms with van der Waals surface area (Å²) in [5.41, 5.74) is 11.1. The van der Waals surface area contributed by atoms with Crippen molar-refractivity contribution in [2.75, 3.05) is 20.6 Å². The summed E-state index contributed by atoms with van der Waals surface area (Å²) in [7, 11) is -0.263. The average Bonchev–Trinajstić information content (AvgIpc) is 2.82. The van der Waals surface area contributed by atoms with Crippen LogP contribution in [-0.2, 0) is 10.2 Å². The summed E-state index contributed by atoms with van der Waals surface area (Å²) in [5.74, 6) is 0. The molecule has 2 aliphatic rings. The Balaban J connectivity index is 1.54. The van der Waals surface area contributed by atoms with Crippen LogP contribution in [0.3, 0.4) is 0 Å². The van der Waals surface area contributed by atoms with E-state index in [0.29, 0.717) is 11.8 Å². The number of allylic oxidation sites excluding steroid dienone is 3. The molecule has 1 aliphatic heterocycles. The van der Waals surface area contributed by atoms with Gasteiger partial charge in [-0.2, -0.15) is 12.7 Å². The van der Waals surface area contributed by atoms with Gasteiger partial charge in [-0.05, 0) is 30.0 Å². The van der Waals surface area contributed by atoms with Crippen LogP contribution in [0, 0.1) is 0 Å². The third-order valence-electron chi connectivity index (χ3n) is 4.81. The lowest BCUT2D eigenvalue weighted by Gasteiger charge is -2.13. The molecule has 146 valence electrons. The maximum atomic E-state index is 11.7. The second-order valence-corrected chi connectivity index (χ2v) is 10.2. The average molecular weight is 406 g/mol. The van der Waals surface area contributed by atoms with Crippen LogP contribution in [0.25, 0.3) is 11.6 Å². The molecule has 1 atom stereocenters. The molecule has 0 bridgehead atoms. The van der Waals surface area contributed by atoms with Crippen molar-refractivity contribution in [3.05, 3.63) is 58.1 Å². The zero-order chi connectivity index (χ0) is 19.4. The number of thioether (sulfide) groups is 1. The van der Waals surface area contributed by atoms with Gasteiger partial charge in [0.25, 0.3) is 10.2 Å². The number of hydrogen-bond acceptors (Lipinski definition) is 4. The molecular weight excluding hydrogens is 378 g/mol. The van der Waals surface area contributed by atoms with Gasteiger partial charge in [0.05, 0.1) is 0 Å². The zero-order valence-electron chi connectivity index (χ0n) is 15.8. The molecule has 1 aromatic carbocycles. The van der Waals surface area contributed by atoms with E-state index in [4.69, 9.17) is 5.73 Å². The van der Waals surface area contributed by atoms with Crippen molar-refractivity contribution in [3.8, 4) is 0 Å². The Bertz CT molecular complexity index is 886. The number of nitrogens with zero attached hydrogens (tertiary/aromatic N) is 1. The van der Waals surface area contributed by atoms with E-state index in [1.807, 2.05) is 11.8 Å². The largest absolute Gasteiger partial charge is 0.401 e. The molecule has 3 N–H and O–H groups in total. The minimum atomic E-state index is -3.32. The fourth-order valence-corrected chi connectivity index (χ4v) is 5.27. The van der Waals surface area contributed by atoms with Crippen molar-refractivity contribution in [2.45, 2.75) is 30.9 Å². The second kappa shape index (κ2) is 8.65. The smallest absolute Gasteiger partial charge is 0.278 e. The minimum Gasteiger partial charge on any atom is -0.401 e. The van der Waals surface area contributed by atoms with Crippen LogP contribution in [0.5, 0.6) is 0 Å². The summed E-state index contributed by atoms with van der Waals surface area (Å²) >= 11 is 1.84. The molecule has 0 radical (unpaired) electrons. The standard InChI is InChI=1S/C20H27N3O2S2/c1-23(2)27(24,25)22-14-7-3-4-12-18-20(21)19-16-11-6-5-9-15(16)10-8-13-17(19)26-18/h5-6,8-11,13,18,22H,3-4,7,12,14,21H2,1-2H3. The topological polar surface area (TPSA) is 75.4 Å². The predicted molar refractivity (Wildman–Crippen MR) is 115 cm³/mol. The van der Waals surface area contributed by atoms with Crippen LogP contribution in [0.15, 0.2) is 47.0 Å². The third kappa shape index (κ3) is 4.66. The summed E-state index contributed by atoms with van der Waals surface area (Å²) in [6.45, 7) is 0.470. The van der Waals surface area contributed by atoms with Gasteiger partial charge in [0.15, 0.2) is 0 Å². The molecule has 0 amide bonds. The van der Waals surface area contributed by atoms with E-state index in [-0.39, 0.29) is 0 Å². The summed E-state index contributed by atoms with van der Waals surface area (Å²) in [5, 5.41) is 0.296. The summed E-state index contributed by atoms with van der Waals surface area (Å²) in [4.78, 5) is 1.25. The Kier molecular flexibility index (Phi) is 6.47. The van der Waals surface area contributed by atoms with Gasteiger partial charge in [0.2, 0.25) is 0 Å². The van der Waals surface area contributed by atoms with Crippen LogP contribution in [0.2, 0.25) is 0 Å². The lowest BCUT2D eigenvalue weighted by molar-refractivity contribution is 0.502. The fourth-order valence-electron chi connectivity index (χ4n) is 3.28. The van der Waals surface area contributed by atoms with Crippen molar-refractivity contribution in [1.29, 1.82) is 0 Å². The molecular formula is C20H27N3O2S2. The molecule has 0 aromatic heterocycles. The molecule has 7 heteroatoms. The van der Waals surface area contributed by atoms with Gasteiger partial charge in [-0.1, -0.05) is 49.3 Å². The summed E-state index contributed by atoms with van der Waals surface area (Å²) < 4.78 is 27.1. The summed E-state index contributed by atoms with van der Waals surface area (Å²) in [6.07, 6.45) is 10.2. The molecule has 27 heavy (non-hydrogen) atoms. The first-order chi connectivity index (χ1) is 12.9. The monoisotopic (exact) mass is 405 g/mol. The SMILES string of the molecule is CN(C)S(=O)(=O)NCCCCCC1SC2=CC=Cc3ccccc3C2=C1N. The maximum absolute atomic E-state index is 11.7. The number of hydrogen-bond donors (Lipinski definition) is 2. The number of rotatable bonds is 8. The highest BCUT2D eigenvalue weighted by Crippen LogP contribution is 2.48. The molecule has 0 fully saturated rings. The molecule has 0 saturated carbocycles. The normalized spacial score (nSPS) is 19.1. The predicted octanol–water partition coefficient (Wildman–Crippen LogP) is 3.34. The quantitative estimate of drug-likeness (QED) is 0.651. The lowest BCUT2D eigenvalue weighted by atomic mass is 9.97. The highest BCUT2D eigenvalue weighted by Gasteiger charge is 2.30. The molecule has 1 unspecified atom stereocenters. The van der Waals surface area contributed by atoms with Gasteiger partial charge < -0.3 is 5.73 Å². The third-order valence-corrected chi connectivity index (χ3v) is 7.71. The van der Waals surface area contributed by atoms with E-state index in [9.17, 15) is 8.42 Å². The van der Waals surface area contributed by atoms with E-state index >= 15 is 0 Å². The van der Waals surface area contributed by atoms with E-state index in [1.165, 1.54) is 40.0 Å². The van der Waals surface area contributed by atoms with E-state index < -0.39 is 10.2 Å². The molecule has 0 spiro atoms. The van der Waals surface area contributed by atoms with Gasteiger partial charge in [0, 0.05) is 42.1 Å². The van der Waals surface area contributed by atoms with E-state index in [1.54, 1.807) is 0 Å². The minimum absolute atomic E-state index is 0.296. The Morgan fingerprint density at radius 1 is 1.19 bits per heavy atom. The molecule has 1 aromatic rings. The maximum Gasteiger partial charge on any atom is 0.278 e. The van der Waals surface area contributed by atoms with Crippen molar-refractivity contribution < 1.29 is 8.42 Å². The van der Waals surface area contributed by atoms with Gasteiger partial charge >= 0.3 is 0 Å². The number of nitrogens with two attached hydrogens (primary N) is 1. The highest BCUT2D eigenvalue weighted by molar-refractivity contribution is 8.04. The van der Waals surface area contributed by atoms with Crippen molar-refractivity contribution >= 4 is 33.6 Å². The van der Waals surface area contributed by atoms with Crippen molar-refractivity contribution in [3.63, 3.8) is 0 Å². The van der Waals surface area contributed by atoms with Crippen LogP contribution in [0.1, 0.15) is 36.8 Å². The zero-order valence-corrected chi connectivity index (χ0v) is 17.4. The van der Waals surface area contributed by atoms with Gasteiger partial charge in [-0.25, -0.2) is 4.72 Å². The second-order valence-electron chi connectivity index (χ2n) is 6.95. The first-order valence-electron chi connectivity index (χ1n) is 9.21. The van der Waals surface area contributed by atoms with Crippen LogP contribution in [0.4, 0.5) is 0 Å². The molecule has 1 heterocycles. The lowest BCUT2D eigenvalue weighted by Crippen LogP contribution is -2.36. The molecule has 5 nitrogen and oxygen atoms in total. The van der Waals surface area contributed by atoms with Crippen LogP contribution < -0.4 is 10.5 Å². The number of unbranched alkanes of at least 4 members (excludes halogenated alkanes) is 2. The molecule has 0 saturated heterocycles. The molecule has 3 rings (SSSR count). The Labute approximate surface area is 166 Å². The first kappa shape index (κ1) is 20.2. The Morgan fingerprint density at radius 3 is 2.74 bits per heavy atom. The Morgan fingerprint density at radius 2 is 1.96 bits per heavy atom. The van der Waals surface area contributed by atoms with E-state index in [2.05, 4.69) is 47.2 Å². The number of benzene rings is 1. The van der Waals surface area contributed by atoms with Crippen molar-refractivity contribution in [1.82, 2.24) is 9.03 Å². The summed E-state index contributed by atoms with van der Waals surface area (Å²) in [6, 6.07) is 8.37. The van der Waals surface area contributed by atoms with Crippen LogP contribution >= 0.6 is 11.8 Å². The Hall–Kier alpha value is -1.54.